The monoisotopic (exact) mass is 461 g/mol. The van der Waals surface area contributed by atoms with Gasteiger partial charge >= 0.3 is 0 Å². The summed E-state index contributed by atoms with van der Waals surface area (Å²) in [6.45, 7) is 4.14. The number of ketones is 1. The summed E-state index contributed by atoms with van der Waals surface area (Å²) in [7, 11) is 0. The van der Waals surface area contributed by atoms with Crippen LogP contribution in [0, 0.1) is 15.5 Å². The lowest BCUT2D eigenvalue weighted by Gasteiger charge is -2.38. The third-order valence-electron chi connectivity index (χ3n) is 5.92. The summed E-state index contributed by atoms with van der Waals surface area (Å²) < 4.78 is 1.70. The van der Waals surface area contributed by atoms with Gasteiger partial charge in [0.05, 0.1) is 4.92 Å². The molecule has 5 rings (SSSR count). The summed E-state index contributed by atoms with van der Waals surface area (Å²) in [4.78, 5) is 29.0. The van der Waals surface area contributed by atoms with Crippen molar-refractivity contribution in [2.45, 2.75) is 43.6 Å². The number of fused-ring (bicyclic) bond motifs is 1. The molecule has 0 radical (unpaired) electrons. The Morgan fingerprint density at radius 3 is 2.73 bits per heavy atom. The van der Waals surface area contributed by atoms with E-state index in [0.717, 1.165) is 11.3 Å². The average molecular weight is 462 g/mol. The number of hydrogen-bond donors (Lipinski definition) is 1. The molecule has 0 saturated carbocycles. The smallest absolute Gasteiger partial charge is 0.269 e. The first kappa shape index (κ1) is 21.4. The Bertz CT molecular complexity index is 1280. The molecule has 1 N–H and O–H groups in total. The molecule has 0 spiro atoms. The molecule has 0 saturated heterocycles. The number of nitro benzene ring substituents is 1. The van der Waals surface area contributed by atoms with Crippen LogP contribution in [0.5, 0.6) is 0 Å². The molecule has 1 aliphatic carbocycles. The molecule has 8 nitrogen and oxygen atoms in total. The minimum absolute atomic E-state index is 0.0166. The molecule has 3 aromatic rings. The van der Waals surface area contributed by atoms with Crippen molar-refractivity contribution in [2.75, 3.05) is 5.32 Å². The van der Waals surface area contributed by atoms with Crippen LogP contribution in [-0.4, -0.2) is 25.5 Å². The standard InChI is InChI=1S/C24H23N5O3S/c1-24(2)12-18-20(19(30)13-24)21(16-9-6-10-17(11-16)29(31)32)28-22(25-18)26-23(27-28)33-14-15-7-4-3-5-8-15/h3-11,21H,12-14H2,1-2H3,(H,25,26,27)/t21-/m0/s1. The van der Waals surface area contributed by atoms with Crippen molar-refractivity contribution >= 4 is 29.2 Å². The van der Waals surface area contributed by atoms with Crippen LogP contribution in [0.4, 0.5) is 11.6 Å². The summed E-state index contributed by atoms with van der Waals surface area (Å²) in [6, 6.07) is 15.9. The first-order chi connectivity index (χ1) is 15.8. The SMILES string of the molecule is CC1(C)CC(=O)C2=C(C1)Nc1nc(SCc3ccccc3)nn1[C@H]2c1cccc([N+](=O)[O-])c1. The fourth-order valence-electron chi connectivity index (χ4n) is 4.49. The number of non-ortho nitro benzene ring substituents is 1. The highest BCUT2D eigenvalue weighted by Crippen LogP contribution is 2.46. The van der Waals surface area contributed by atoms with Gasteiger partial charge in [-0.2, -0.15) is 4.98 Å². The number of nitrogens with zero attached hydrogens (tertiary/aromatic N) is 4. The minimum Gasteiger partial charge on any atom is -0.328 e. The molecule has 168 valence electrons. The van der Waals surface area contributed by atoms with Crippen LogP contribution in [0.1, 0.15) is 43.9 Å². The van der Waals surface area contributed by atoms with E-state index in [1.807, 2.05) is 36.4 Å². The van der Waals surface area contributed by atoms with Crippen LogP contribution in [-0.2, 0) is 10.5 Å². The number of carbonyl (C=O) groups excluding carboxylic acids is 1. The molecule has 1 aromatic heterocycles. The van der Waals surface area contributed by atoms with Crippen molar-refractivity contribution in [3.63, 3.8) is 0 Å². The number of benzene rings is 2. The zero-order valence-electron chi connectivity index (χ0n) is 18.3. The number of anilines is 1. The number of thioether (sulfide) groups is 1. The normalized spacial score (nSPS) is 19.0. The number of nitrogens with one attached hydrogen (secondary N) is 1. The van der Waals surface area contributed by atoms with Crippen molar-refractivity contribution in [3.05, 3.63) is 87.1 Å². The second-order valence-corrected chi connectivity index (χ2v) is 10.1. The third-order valence-corrected chi connectivity index (χ3v) is 6.83. The van der Waals surface area contributed by atoms with Gasteiger partial charge in [0.1, 0.15) is 6.04 Å². The van der Waals surface area contributed by atoms with Crippen molar-refractivity contribution in [2.24, 2.45) is 5.41 Å². The minimum atomic E-state index is -0.557. The van der Waals surface area contributed by atoms with Crippen LogP contribution in [0.25, 0.3) is 0 Å². The molecule has 0 amide bonds. The summed E-state index contributed by atoms with van der Waals surface area (Å²) in [5.74, 6) is 1.29. The molecule has 2 aliphatic rings. The van der Waals surface area contributed by atoms with Gasteiger partial charge in [0.25, 0.3) is 5.69 Å². The lowest BCUT2D eigenvalue weighted by molar-refractivity contribution is -0.384. The predicted molar refractivity (Wildman–Crippen MR) is 126 cm³/mol. The zero-order chi connectivity index (χ0) is 23.2. The highest BCUT2D eigenvalue weighted by atomic mass is 32.2. The van der Waals surface area contributed by atoms with E-state index in [-0.39, 0.29) is 16.9 Å². The van der Waals surface area contributed by atoms with E-state index in [1.54, 1.807) is 10.7 Å². The van der Waals surface area contributed by atoms with Crippen LogP contribution >= 0.6 is 11.8 Å². The van der Waals surface area contributed by atoms with Crippen molar-refractivity contribution < 1.29 is 9.72 Å². The number of nitro groups is 1. The number of carbonyl (C=O) groups is 1. The molecule has 0 bridgehead atoms. The summed E-state index contributed by atoms with van der Waals surface area (Å²) in [5.41, 5.74) is 3.06. The molecule has 0 unspecified atom stereocenters. The number of allylic oxidation sites excluding steroid dienone is 2. The van der Waals surface area contributed by atoms with Gasteiger partial charge in [-0.1, -0.05) is 68.1 Å². The highest BCUT2D eigenvalue weighted by Gasteiger charge is 2.42. The Morgan fingerprint density at radius 1 is 1.18 bits per heavy atom. The number of aromatic nitrogens is 3. The lowest BCUT2D eigenvalue weighted by atomic mass is 9.73. The van der Waals surface area contributed by atoms with Crippen LogP contribution in [0.15, 0.2) is 71.0 Å². The van der Waals surface area contributed by atoms with Gasteiger partial charge in [0.2, 0.25) is 11.1 Å². The van der Waals surface area contributed by atoms with Gasteiger partial charge in [0, 0.05) is 35.6 Å². The molecule has 33 heavy (non-hydrogen) atoms. The molecule has 2 aromatic carbocycles. The first-order valence-corrected chi connectivity index (χ1v) is 11.7. The second-order valence-electron chi connectivity index (χ2n) is 9.15. The Morgan fingerprint density at radius 2 is 1.97 bits per heavy atom. The fraction of sp³-hybridized carbons (Fsp3) is 0.292. The van der Waals surface area contributed by atoms with E-state index in [9.17, 15) is 14.9 Å². The Balaban J connectivity index is 1.57. The van der Waals surface area contributed by atoms with Gasteiger partial charge in [-0.05, 0) is 23.0 Å². The highest BCUT2D eigenvalue weighted by molar-refractivity contribution is 7.98. The molecule has 2 heterocycles. The van der Waals surface area contributed by atoms with Gasteiger partial charge in [-0.25, -0.2) is 4.68 Å². The van der Waals surface area contributed by atoms with Gasteiger partial charge < -0.3 is 5.32 Å². The Labute approximate surface area is 195 Å². The zero-order valence-corrected chi connectivity index (χ0v) is 19.1. The second kappa shape index (κ2) is 8.15. The Hall–Kier alpha value is -3.46. The van der Waals surface area contributed by atoms with E-state index < -0.39 is 11.0 Å². The van der Waals surface area contributed by atoms with Gasteiger partial charge in [0.15, 0.2) is 5.78 Å². The number of Topliss-reactive ketones (excluding diaryl/α,β-unsaturated/α-hetero) is 1. The molecule has 1 aliphatic heterocycles. The molecule has 9 heteroatoms. The maximum Gasteiger partial charge on any atom is 0.269 e. The van der Waals surface area contributed by atoms with Crippen LogP contribution in [0.3, 0.4) is 0 Å². The lowest BCUT2D eigenvalue weighted by Crippen LogP contribution is -2.36. The largest absolute Gasteiger partial charge is 0.328 e. The first-order valence-electron chi connectivity index (χ1n) is 10.7. The molecule has 0 fully saturated rings. The quantitative estimate of drug-likeness (QED) is 0.319. The summed E-state index contributed by atoms with van der Waals surface area (Å²) in [6.07, 6.45) is 1.11. The van der Waals surface area contributed by atoms with E-state index in [2.05, 4.69) is 24.1 Å². The Kier molecular flexibility index (Phi) is 5.28. The molecular weight excluding hydrogens is 438 g/mol. The topological polar surface area (TPSA) is 103 Å². The maximum atomic E-state index is 13.3. The maximum absolute atomic E-state index is 13.3. The predicted octanol–water partition coefficient (Wildman–Crippen LogP) is 5.14. The van der Waals surface area contributed by atoms with E-state index >= 15 is 0 Å². The van der Waals surface area contributed by atoms with Crippen LogP contribution < -0.4 is 5.32 Å². The van der Waals surface area contributed by atoms with Gasteiger partial charge in [-0.15, -0.1) is 5.10 Å². The van der Waals surface area contributed by atoms with Crippen molar-refractivity contribution in [1.82, 2.24) is 14.8 Å². The van der Waals surface area contributed by atoms with Crippen LogP contribution in [0.2, 0.25) is 0 Å². The van der Waals surface area contributed by atoms with E-state index in [1.165, 1.54) is 23.9 Å². The summed E-state index contributed by atoms with van der Waals surface area (Å²) in [5, 5.41) is 20.1. The van der Waals surface area contributed by atoms with E-state index in [4.69, 9.17) is 5.10 Å². The van der Waals surface area contributed by atoms with Gasteiger partial charge in [-0.3, -0.25) is 14.9 Å². The average Bonchev–Trinajstić information content (AvgIpc) is 3.18. The molecular formula is C24H23N5O3S. The third kappa shape index (κ3) is 4.16. The number of rotatable bonds is 5. The fourth-order valence-corrected chi connectivity index (χ4v) is 5.27. The van der Waals surface area contributed by atoms with Crippen molar-refractivity contribution in [1.29, 1.82) is 0 Å². The van der Waals surface area contributed by atoms with E-state index in [0.29, 0.717) is 40.8 Å². The van der Waals surface area contributed by atoms with Crippen molar-refractivity contribution in [3.8, 4) is 0 Å². The molecule has 1 atom stereocenters. The number of hydrogen-bond acceptors (Lipinski definition) is 7. The summed E-state index contributed by atoms with van der Waals surface area (Å²) >= 11 is 1.51.